The molecular formula is C22H23F3N2O4S. The number of carbonyl (C=O) groups excluding carboxylic acids is 1. The Hall–Kier alpha value is -2.43. The third kappa shape index (κ3) is 4.82. The zero-order valence-electron chi connectivity index (χ0n) is 17.4. The summed E-state index contributed by atoms with van der Waals surface area (Å²) in [7, 11) is -3.56. The molecule has 1 N–H and O–H groups in total. The molecule has 0 aromatic heterocycles. The van der Waals surface area contributed by atoms with Gasteiger partial charge in [0.2, 0.25) is 10.0 Å². The maximum Gasteiger partial charge on any atom is 0.252 e. The van der Waals surface area contributed by atoms with Crippen molar-refractivity contribution in [1.82, 2.24) is 9.62 Å². The van der Waals surface area contributed by atoms with Gasteiger partial charge < -0.3 is 9.64 Å². The van der Waals surface area contributed by atoms with E-state index in [1.54, 1.807) is 11.0 Å². The summed E-state index contributed by atoms with van der Waals surface area (Å²) in [5.41, 5.74) is 0.285. The van der Waals surface area contributed by atoms with Crippen molar-refractivity contribution in [3.8, 4) is 11.1 Å². The molecule has 10 heteroatoms. The highest BCUT2D eigenvalue weighted by Gasteiger charge is 2.42. The second-order valence-electron chi connectivity index (χ2n) is 8.17. The SMILES string of the molecule is CS(=O)(=O)N[C@H]1CCN(C(=O)C2CCO2)[C@H]1Cc1cccc(-c2cc(F)cc(F)c2)c1F. The second-order valence-corrected chi connectivity index (χ2v) is 9.95. The lowest BCUT2D eigenvalue weighted by molar-refractivity contribution is -0.157. The van der Waals surface area contributed by atoms with Gasteiger partial charge in [-0.1, -0.05) is 18.2 Å². The minimum Gasteiger partial charge on any atom is -0.368 e. The Morgan fingerprint density at radius 2 is 1.84 bits per heavy atom. The standard InChI is InChI=1S/C22H23F3N2O4S/c1-32(29,30)26-18-5-7-27(22(28)20-6-8-31-20)19(18)11-13-3-2-4-17(21(13)25)14-9-15(23)12-16(24)10-14/h2-4,9-10,12,18-20,26H,5-8,11H2,1H3/t18-,19-,20?/m0/s1. The molecule has 4 rings (SSSR count). The fraction of sp³-hybridized carbons (Fsp3) is 0.409. The number of ether oxygens (including phenoxy) is 1. The monoisotopic (exact) mass is 468 g/mol. The molecule has 2 aliphatic rings. The van der Waals surface area contributed by atoms with Crippen molar-refractivity contribution in [1.29, 1.82) is 0 Å². The predicted molar refractivity (Wildman–Crippen MR) is 112 cm³/mol. The molecule has 2 aliphatic heterocycles. The van der Waals surface area contributed by atoms with Crippen molar-refractivity contribution in [3.05, 3.63) is 59.4 Å². The van der Waals surface area contributed by atoms with Crippen LogP contribution in [0.25, 0.3) is 11.1 Å². The summed E-state index contributed by atoms with van der Waals surface area (Å²) in [4.78, 5) is 14.4. The van der Waals surface area contributed by atoms with Crippen LogP contribution in [0, 0.1) is 17.5 Å². The fourth-order valence-electron chi connectivity index (χ4n) is 4.30. The molecule has 0 radical (unpaired) electrons. The van der Waals surface area contributed by atoms with Gasteiger partial charge in [0.1, 0.15) is 23.6 Å². The number of halogens is 3. The van der Waals surface area contributed by atoms with Crippen LogP contribution in [0.5, 0.6) is 0 Å². The molecule has 0 spiro atoms. The number of nitrogens with zero attached hydrogens (tertiary/aromatic N) is 1. The Kier molecular flexibility index (Phi) is 6.28. The van der Waals surface area contributed by atoms with Gasteiger partial charge >= 0.3 is 0 Å². The molecule has 2 fully saturated rings. The van der Waals surface area contributed by atoms with Crippen LogP contribution in [0.15, 0.2) is 36.4 Å². The average molecular weight is 468 g/mol. The highest BCUT2D eigenvalue weighted by atomic mass is 32.2. The summed E-state index contributed by atoms with van der Waals surface area (Å²) in [5.74, 6) is -2.57. The summed E-state index contributed by atoms with van der Waals surface area (Å²) < 4.78 is 74.2. The van der Waals surface area contributed by atoms with Gasteiger partial charge in [0.25, 0.3) is 5.91 Å². The number of benzene rings is 2. The molecule has 3 atom stereocenters. The highest BCUT2D eigenvalue weighted by Crippen LogP contribution is 2.31. The molecule has 1 unspecified atom stereocenters. The number of carbonyl (C=O) groups is 1. The summed E-state index contributed by atoms with van der Waals surface area (Å²) >= 11 is 0. The summed E-state index contributed by atoms with van der Waals surface area (Å²) in [6.45, 7) is 0.799. The number of nitrogens with one attached hydrogen (secondary N) is 1. The van der Waals surface area contributed by atoms with Gasteiger partial charge in [0.15, 0.2) is 0 Å². The molecule has 172 valence electrons. The van der Waals surface area contributed by atoms with E-state index in [-0.39, 0.29) is 29.0 Å². The van der Waals surface area contributed by atoms with Crippen molar-refractivity contribution in [2.75, 3.05) is 19.4 Å². The number of likely N-dealkylation sites (tertiary alicyclic amines) is 1. The lowest BCUT2D eigenvalue weighted by Gasteiger charge is -2.34. The van der Waals surface area contributed by atoms with Crippen LogP contribution in [0.1, 0.15) is 18.4 Å². The van der Waals surface area contributed by atoms with Gasteiger partial charge in [-0.3, -0.25) is 4.79 Å². The molecule has 2 aromatic rings. The van der Waals surface area contributed by atoms with Crippen LogP contribution in [0.3, 0.4) is 0 Å². The van der Waals surface area contributed by atoms with Crippen LogP contribution in [-0.2, 0) is 26.0 Å². The van der Waals surface area contributed by atoms with Crippen LogP contribution in [0.2, 0.25) is 0 Å². The normalized spacial score (nSPS) is 23.2. The van der Waals surface area contributed by atoms with E-state index in [0.717, 1.165) is 18.4 Å². The van der Waals surface area contributed by atoms with Gasteiger partial charge in [-0.2, -0.15) is 0 Å². The summed E-state index contributed by atoms with van der Waals surface area (Å²) in [6, 6.07) is 6.06. The van der Waals surface area contributed by atoms with Crippen molar-refractivity contribution in [3.63, 3.8) is 0 Å². The van der Waals surface area contributed by atoms with Gasteiger partial charge in [0, 0.05) is 30.6 Å². The fourth-order valence-corrected chi connectivity index (χ4v) is 5.13. The Labute approximate surface area is 184 Å². The topological polar surface area (TPSA) is 75.7 Å². The van der Waals surface area contributed by atoms with E-state index >= 15 is 4.39 Å². The molecule has 2 saturated heterocycles. The van der Waals surface area contributed by atoms with E-state index < -0.39 is 45.7 Å². The molecule has 2 aromatic carbocycles. The third-order valence-corrected chi connectivity index (χ3v) is 6.58. The Bertz CT molecular complexity index is 1120. The van der Waals surface area contributed by atoms with E-state index in [4.69, 9.17) is 4.74 Å². The Morgan fingerprint density at radius 1 is 1.16 bits per heavy atom. The molecule has 2 heterocycles. The quantitative estimate of drug-likeness (QED) is 0.707. The Balaban J connectivity index is 1.66. The maximum absolute atomic E-state index is 15.4. The van der Waals surface area contributed by atoms with Crippen LogP contribution >= 0.6 is 0 Å². The van der Waals surface area contributed by atoms with Gasteiger partial charge in [-0.25, -0.2) is 26.3 Å². The molecule has 0 bridgehead atoms. The lowest BCUT2D eigenvalue weighted by Crippen LogP contribution is -2.52. The molecule has 6 nitrogen and oxygen atoms in total. The first kappa shape index (κ1) is 22.8. The second kappa shape index (κ2) is 8.84. The number of rotatable bonds is 6. The zero-order chi connectivity index (χ0) is 23.0. The highest BCUT2D eigenvalue weighted by molar-refractivity contribution is 7.88. The molecule has 1 amide bonds. The third-order valence-electron chi connectivity index (χ3n) is 5.85. The van der Waals surface area contributed by atoms with Gasteiger partial charge in [0.05, 0.1) is 18.9 Å². The zero-order valence-corrected chi connectivity index (χ0v) is 18.2. The van der Waals surface area contributed by atoms with Crippen molar-refractivity contribution in [2.24, 2.45) is 0 Å². The smallest absolute Gasteiger partial charge is 0.252 e. The van der Waals surface area contributed by atoms with Crippen molar-refractivity contribution >= 4 is 15.9 Å². The van der Waals surface area contributed by atoms with Crippen LogP contribution < -0.4 is 4.72 Å². The maximum atomic E-state index is 15.4. The molecule has 32 heavy (non-hydrogen) atoms. The predicted octanol–water partition coefficient (Wildman–Crippen LogP) is 2.62. The summed E-state index contributed by atoms with van der Waals surface area (Å²) in [5, 5.41) is 0. The molecule has 0 saturated carbocycles. The van der Waals surface area contributed by atoms with E-state index in [0.29, 0.717) is 32.1 Å². The Morgan fingerprint density at radius 3 is 2.44 bits per heavy atom. The number of hydrogen-bond acceptors (Lipinski definition) is 4. The average Bonchev–Trinajstić information content (AvgIpc) is 3.01. The van der Waals surface area contributed by atoms with Crippen molar-refractivity contribution in [2.45, 2.75) is 37.5 Å². The van der Waals surface area contributed by atoms with Gasteiger partial charge in [-0.05, 0) is 36.1 Å². The number of sulfonamides is 1. The lowest BCUT2D eigenvalue weighted by atomic mass is 9.95. The first-order valence-corrected chi connectivity index (χ1v) is 12.1. The minimum atomic E-state index is -3.56. The minimum absolute atomic E-state index is 0.0201. The van der Waals surface area contributed by atoms with E-state index in [1.807, 2.05) is 0 Å². The number of hydrogen-bond donors (Lipinski definition) is 1. The van der Waals surface area contributed by atoms with Gasteiger partial charge in [-0.15, -0.1) is 0 Å². The van der Waals surface area contributed by atoms with E-state index in [1.165, 1.54) is 12.1 Å². The van der Waals surface area contributed by atoms with Crippen LogP contribution in [0.4, 0.5) is 13.2 Å². The van der Waals surface area contributed by atoms with Crippen LogP contribution in [-0.4, -0.2) is 56.8 Å². The number of amides is 1. The first-order valence-electron chi connectivity index (χ1n) is 10.3. The summed E-state index contributed by atoms with van der Waals surface area (Å²) in [6.07, 6.45) is 1.46. The first-order chi connectivity index (χ1) is 15.1. The largest absolute Gasteiger partial charge is 0.368 e. The van der Waals surface area contributed by atoms with Crippen molar-refractivity contribution < 1.29 is 31.1 Å². The molecular weight excluding hydrogens is 445 g/mol. The molecule has 0 aliphatic carbocycles. The van der Waals surface area contributed by atoms with E-state index in [9.17, 15) is 22.0 Å². The van der Waals surface area contributed by atoms with E-state index in [2.05, 4.69) is 4.72 Å².